The Kier molecular flexibility index (Phi) is 5.08. The van der Waals surface area contributed by atoms with Gasteiger partial charge in [0.15, 0.2) is 5.71 Å². The number of benzene rings is 2. The molecule has 0 aliphatic carbocycles. The van der Waals surface area contributed by atoms with Gasteiger partial charge in [0.2, 0.25) is 0 Å². The second-order valence-electron chi connectivity index (χ2n) is 4.43. The molecule has 2 rings (SSSR count). The summed E-state index contributed by atoms with van der Waals surface area (Å²) in [4.78, 5) is -0.0562. The summed E-state index contributed by atoms with van der Waals surface area (Å²) in [5.74, 6) is 0. The van der Waals surface area contributed by atoms with Gasteiger partial charge in [0, 0.05) is 5.56 Å². The number of hydrogen-bond acceptors (Lipinski definition) is 6. The summed E-state index contributed by atoms with van der Waals surface area (Å²) in [6, 6.07) is 17.8. The van der Waals surface area contributed by atoms with Crippen molar-refractivity contribution in [2.24, 2.45) is 5.16 Å². The van der Waals surface area contributed by atoms with E-state index in [2.05, 4.69) is 9.44 Å². The van der Waals surface area contributed by atoms with Gasteiger partial charge in [0.1, 0.15) is 11.0 Å². The van der Waals surface area contributed by atoms with Crippen LogP contribution in [0.1, 0.15) is 11.1 Å². The summed E-state index contributed by atoms with van der Waals surface area (Å²) in [5, 5.41) is 21.3. The van der Waals surface area contributed by atoms with Crippen LogP contribution in [-0.2, 0) is 20.8 Å². The molecule has 0 amide bonds. The first-order valence-electron chi connectivity index (χ1n) is 6.50. The monoisotopic (exact) mass is 325 g/mol. The van der Waals surface area contributed by atoms with Gasteiger partial charge >= 0.3 is 10.1 Å². The van der Waals surface area contributed by atoms with E-state index in [4.69, 9.17) is 10.5 Å². The number of nitrogens with zero attached hydrogens (tertiary/aromatic N) is 3. The molecule has 0 saturated heterocycles. The summed E-state index contributed by atoms with van der Waals surface area (Å²) in [6.07, 6.45) is 0.176. The van der Waals surface area contributed by atoms with Crippen molar-refractivity contribution in [2.75, 3.05) is 0 Å². The second kappa shape index (κ2) is 7.21. The largest absolute Gasteiger partial charge is 0.358 e. The van der Waals surface area contributed by atoms with Crippen LogP contribution in [0, 0.1) is 22.7 Å². The summed E-state index contributed by atoms with van der Waals surface area (Å²) < 4.78 is 28.5. The predicted molar refractivity (Wildman–Crippen MR) is 82.6 cm³/mol. The van der Waals surface area contributed by atoms with E-state index in [0.717, 1.165) is 0 Å². The lowest BCUT2D eigenvalue weighted by Gasteiger charge is -2.03. The van der Waals surface area contributed by atoms with Crippen molar-refractivity contribution in [1.29, 1.82) is 10.5 Å². The fourth-order valence-corrected chi connectivity index (χ4v) is 2.52. The first-order chi connectivity index (χ1) is 11.1. The first-order valence-corrected chi connectivity index (χ1v) is 7.90. The summed E-state index contributed by atoms with van der Waals surface area (Å²) >= 11 is 0. The van der Waals surface area contributed by atoms with Gasteiger partial charge < -0.3 is 0 Å². The van der Waals surface area contributed by atoms with Gasteiger partial charge in [-0.25, -0.2) is 0 Å². The third-order valence-corrected chi connectivity index (χ3v) is 3.97. The third kappa shape index (κ3) is 4.16. The lowest BCUT2D eigenvalue weighted by Crippen LogP contribution is -2.06. The zero-order valence-electron chi connectivity index (χ0n) is 11.9. The Hall–Kier alpha value is -3.16. The maximum Gasteiger partial charge on any atom is 0.358 e. The standard InChI is InChI=1S/C16H11N3O3S/c17-10-9-13-5-4-6-14(11-13)16(12-18)19-22-23(20,21)15-7-2-1-3-8-15/h1-8,11H,9H2. The fourth-order valence-electron chi connectivity index (χ4n) is 1.77. The minimum Gasteiger partial charge on any atom is -0.263 e. The average molecular weight is 325 g/mol. The Bertz CT molecular complexity index is 908. The molecule has 0 aliphatic heterocycles. The molecule has 0 aromatic heterocycles. The van der Waals surface area contributed by atoms with Crippen molar-refractivity contribution in [3.63, 3.8) is 0 Å². The normalized spacial score (nSPS) is 11.3. The van der Waals surface area contributed by atoms with Crippen molar-refractivity contribution >= 4 is 15.8 Å². The molecule has 0 spiro atoms. The van der Waals surface area contributed by atoms with Crippen molar-refractivity contribution < 1.29 is 12.7 Å². The van der Waals surface area contributed by atoms with E-state index in [-0.39, 0.29) is 17.0 Å². The SMILES string of the molecule is N#CCc1cccc(C(C#N)=NOS(=O)(=O)c2ccccc2)c1. The van der Waals surface area contributed by atoms with E-state index in [9.17, 15) is 8.42 Å². The van der Waals surface area contributed by atoms with Gasteiger partial charge in [-0.2, -0.15) is 18.9 Å². The Morgan fingerprint density at radius 2 is 1.83 bits per heavy atom. The van der Waals surface area contributed by atoms with Crippen LogP contribution in [0.2, 0.25) is 0 Å². The van der Waals surface area contributed by atoms with Crippen LogP contribution >= 0.6 is 0 Å². The lowest BCUT2D eigenvalue weighted by atomic mass is 10.1. The van der Waals surface area contributed by atoms with Crippen LogP contribution in [0.4, 0.5) is 0 Å². The second-order valence-corrected chi connectivity index (χ2v) is 5.96. The molecular formula is C16H11N3O3S. The predicted octanol–water partition coefficient (Wildman–Crippen LogP) is 2.39. The van der Waals surface area contributed by atoms with Crippen LogP contribution < -0.4 is 0 Å². The van der Waals surface area contributed by atoms with Gasteiger partial charge in [-0.1, -0.05) is 41.6 Å². The molecule has 0 saturated carbocycles. The molecule has 2 aromatic rings. The number of hydrogen-bond donors (Lipinski definition) is 0. The Labute approximate surface area is 134 Å². The zero-order chi connectivity index (χ0) is 16.7. The van der Waals surface area contributed by atoms with E-state index >= 15 is 0 Å². The van der Waals surface area contributed by atoms with Crippen molar-refractivity contribution in [3.05, 3.63) is 65.7 Å². The third-order valence-electron chi connectivity index (χ3n) is 2.85. The minimum atomic E-state index is -4.08. The Balaban J connectivity index is 2.29. The van der Waals surface area contributed by atoms with Crippen LogP contribution in [0.25, 0.3) is 0 Å². The maximum absolute atomic E-state index is 12.0. The molecular weight excluding hydrogens is 314 g/mol. The number of rotatable bonds is 5. The Morgan fingerprint density at radius 3 is 2.48 bits per heavy atom. The molecule has 0 radical (unpaired) electrons. The van der Waals surface area contributed by atoms with Crippen molar-refractivity contribution in [3.8, 4) is 12.1 Å². The molecule has 0 N–H and O–H groups in total. The highest BCUT2D eigenvalue weighted by Crippen LogP contribution is 2.13. The van der Waals surface area contributed by atoms with Crippen LogP contribution in [0.5, 0.6) is 0 Å². The number of oxime groups is 1. The highest BCUT2D eigenvalue weighted by molar-refractivity contribution is 7.86. The van der Waals surface area contributed by atoms with E-state index in [0.29, 0.717) is 11.1 Å². The molecule has 7 heteroatoms. The molecule has 0 aliphatic rings. The van der Waals surface area contributed by atoms with E-state index in [1.54, 1.807) is 48.5 Å². The molecule has 0 unspecified atom stereocenters. The highest BCUT2D eigenvalue weighted by Gasteiger charge is 2.16. The highest BCUT2D eigenvalue weighted by atomic mass is 32.2. The van der Waals surface area contributed by atoms with E-state index in [1.165, 1.54) is 12.1 Å². The molecule has 0 bridgehead atoms. The van der Waals surface area contributed by atoms with Gasteiger partial charge in [-0.05, 0) is 23.8 Å². The smallest absolute Gasteiger partial charge is 0.263 e. The Morgan fingerprint density at radius 1 is 1.09 bits per heavy atom. The molecule has 0 atom stereocenters. The molecule has 0 heterocycles. The molecule has 6 nitrogen and oxygen atoms in total. The molecule has 23 heavy (non-hydrogen) atoms. The first kappa shape index (κ1) is 16.2. The topological polar surface area (TPSA) is 103 Å². The van der Waals surface area contributed by atoms with Gasteiger partial charge in [0.05, 0.1) is 12.5 Å². The number of nitriles is 2. The average Bonchev–Trinajstić information content (AvgIpc) is 2.57. The van der Waals surface area contributed by atoms with Gasteiger partial charge in [-0.3, -0.25) is 4.28 Å². The van der Waals surface area contributed by atoms with Crippen LogP contribution in [0.15, 0.2) is 64.6 Å². The molecule has 2 aromatic carbocycles. The van der Waals surface area contributed by atoms with Crippen LogP contribution in [-0.4, -0.2) is 14.1 Å². The zero-order valence-corrected chi connectivity index (χ0v) is 12.7. The van der Waals surface area contributed by atoms with Gasteiger partial charge in [0.25, 0.3) is 0 Å². The fraction of sp³-hybridized carbons (Fsp3) is 0.0625. The summed E-state index contributed by atoms with van der Waals surface area (Å²) in [5.41, 5.74) is 0.881. The van der Waals surface area contributed by atoms with E-state index in [1.807, 2.05) is 6.07 Å². The summed E-state index contributed by atoms with van der Waals surface area (Å²) in [7, 11) is -4.08. The van der Waals surface area contributed by atoms with Crippen molar-refractivity contribution in [2.45, 2.75) is 11.3 Å². The maximum atomic E-state index is 12.0. The van der Waals surface area contributed by atoms with Crippen LogP contribution in [0.3, 0.4) is 0 Å². The lowest BCUT2D eigenvalue weighted by molar-refractivity contribution is 0.339. The summed E-state index contributed by atoms with van der Waals surface area (Å²) in [6.45, 7) is 0. The quantitative estimate of drug-likeness (QED) is 0.620. The van der Waals surface area contributed by atoms with Crippen molar-refractivity contribution in [1.82, 2.24) is 0 Å². The molecule has 0 fully saturated rings. The molecule has 114 valence electrons. The minimum absolute atomic E-state index is 0.0562. The van der Waals surface area contributed by atoms with E-state index < -0.39 is 10.1 Å². The van der Waals surface area contributed by atoms with Gasteiger partial charge in [-0.15, -0.1) is 0 Å².